The van der Waals surface area contributed by atoms with Crippen LogP contribution in [0.25, 0.3) is 0 Å². The van der Waals surface area contributed by atoms with E-state index < -0.39 is 11.9 Å². The zero-order chi connectivity index (χ0) is 23.9. The summed E-state index contributed by atoms with van der Waals surface area (Å²) in [5.41, 5.74) is 3.95. The van der Waals surface area contributed by atoms with Crippen LogP contribution in [0.3, 0.4) is 0 Å². The number of carbonyl (C=O) groups is 2. The molecule has 0 spiro atoms. The molecule has 0 atom stereocenters. The number of nitrogens with zero attached hydrogens (tertiary/aromatic N) is 2. The van der Waals surface area contributed by atoms with Gasteiger partial charge in [0, 0.05) is 47.1 Å². The van der Waals surface area contributed by atoms with Crippen LogP contribution in [0.5, 0.6) is 12.0 Å². The predicted molar refractivity (Wildman–Crippen MR) is 131 cm³/mol. The van der Waals surface area contributed by atoms with Gasteiger partial charge in [-0.05, 0) is 46.9 Å². The van der Waals surface area contributed by atoms with Crippen LogP contribution in [0, 0.1) is 0 Å². The van der Waals surface area contributed by atoms with Gasteiger partial charge in [0.2, 0.25) is 0 Å². The van der Waals surface area contributed by atoms with Crippen LogP contribution in [0.1, 0.15) is 46.1 Å². The van der Waals surface area contributed by atoms with E-state index in [1.54, 1.807) is 35.1 Å². The van der Waals surface area contributed by atoms with E-state index in [1.165, 1.54) is 20.9 Å². The third kappa shape index (κ3) is 6.09. The fraction of sp³-hybridized carbons (Fsp3) is 0.250. The second-order valence-electron chi connectivity index (χ2n) is 7.37. The Morgan fingerprint density at radius 2 is 1.26 bits per heavy atom. The van der Waals surface area contributed by atoms with Gasteiger partial charge >= 0.3 is 24.0 Å². The summed E-state index contributed by atoms with van der Waals surface area (Å²) < 4.78 is 10.3. The number of ether oxygens (including phenoxy) is 2. The molecule has 0 fully saturated rings. The maximum Gasteiger partial charge on any atom is 0.338 e. The molecule has 4 heterocycles. The maximum atomic E-state index is 12.0. The zero-order valence-corrected chi connectivity index (χ0v) is 20.4. The van der Waals surface area contributed by atoms with Gasteiger partial charge in [-0.15, -0.1) is 22.7 Å². The topological polar surface area (TPSA) is 110 Å². The molecule has 176 valence electrons. The van der Waals surface area contributed by atoms with Crippen LogP contribution < -0.4 is 9.47 Å². The van der Waals surface area contributed by atoms with Crippen LogP contribution in [-0.4, -0.2) is 31.9 Å². The quantitative estimate of drug-likeness (QED) is 0.245. The summed E-state index contributed by atoms with van der Waals surface area (Å²) in [4.78, 5) is 40.9. The maximum absolute atomic E-state index is 12.0. The highest BCUT2D eigenvalue weighted by atomic mass is 32.1. The molecule has 0 aliphatic heterocycles. The van der Waals surface area contributed by atoms with Gasteiger partial charge < -0.3 is 19.4 Å². The monoisotopic (exact) mass is 496 g/mol. The Labute approximate surface area is 204 Å². The smallest absolute Gasteiger partial charge is 0.338 e. The molecule has 0 radical (unpaired) electrons. The summed E-state index contributed by atoms with van der Waals surface area (Å²) in [7, 11) is 0. The van der Waals surface area contributed by atoms with Gasteiger partial charge in [-0.2, -0.15) is 9.97 Å². The van der Waals surface area contributed by atoms with Crippen molar-refractivity contribution in [3.63, 3.8) is 0 Å². The minimum absolute atomic E-state index is 0.0712. The summed E-state index contributed by atoms with van der Waals surface area (Å²) in [6, 6.07) is 4.29. The summed E-state index contributed by atoms with van der Waals surface area (Å²) in [6.45, 7) is 4.23. The van der Waals surface area contributed by atoms with Crippen molar-refractivity contribution in [2.75, 3.05) is 0 Å². The number of rotatable bonds is 10. The third-order valence-electron chi connectivity index (χ3n) is 5.03. The van der Waals surface area contributed by atoms with Crippen molar-refractivity contribution in [3.8, 4) is 12.0 Å². The summed E-state index contributed by atoms with van der Waals surface area (Å²) in [5.74, 6) is -1.49. The number of H-pyrrole nitrogens is 2. The number of hydrogen-bond acceptors (Lipinski definition) is 8. The van der Waals surface area contributed by atoms with Crippen molar-refractivity contribution in [3.05, 3.63) is 79.7 Å². The minimum atomic E-state index is -0.743. The molecule has 0 bridgehead atoms. The van der Waals surface area contributed by atoms with Gasteiger partial charge in [-0.1, -0.05) is 13.8 Å². The standard InChI is InChI=1S/C24H24N4O4S2/c1-3-19-15(7-9-33-19)11-17-13-25-23(27-17)31-21(29)5-6-22(30)32-24-26-14-18(28-24)12-16-8-10-34-20(16)4-2/h5-10,13-14H,3-4,11-12H2,1-2H3,(H,25,27)(H,26,28)/b6-5+. The molecule has 4 aromatic heterocycles. The highest BCUT2D eigenvalue weighted by Crippen LogP contribution is 2.22. The molecule has 34 heavy (non-hydrogen) atoms. The lowest BCUT2D eigenvalue weighted by atomic mass is 10.1. The molecule has 10 heteroatoms. The number of esters is 2. The van der Waals surface area contributed by atoms with E-state index in [4.69, 9.17) is 9.47 Å². The van der Waals surface area contributed by atoms with E-state index in [2.05, 4.69) is 56.7 Å². The van der Waals surface area contributed by atoms with E-state index in [1.807, 2.05) is 0 Å². The van der Waals surface area contributed by atoms with Crippen molar-refractivity contribution >= 4 is 34.6 Å². The van der Waals surface area contributed by atoms with E-state index in [-0.39, 0.29) is 12.0 Å². The SMILES string of the molecule is CCc1sccc1Cc1c[nH]c(OC(=O)/C=C/C(=O)Oc2nc(Cc3ccsc3CC)c[nH]2)n1. The van der Waals surface area contributed by atoms with Crippen molar-refractivity contribution < 1.29 is 19.1 Å². The number of aryl methyl sites for hydroxylation is 2. The Hall–Kier alpha value is -3.50. The molecule has 4 rings (SSSR count). The summed E-state index contributed by atoms with van der Waals surface area (Å²) in [5, 5.41) is 4.11. The number of aromatic amines is 2. The van der Waals surface area contributed by atoms with E-state index >= 15 is 0 Å². The molecule has 0 saturated carbocycles. The average Bonchev–Trinajstić information content (AvgIpc) is 3.62. The van der Waals surface area contributed by atoms with Gasteiger partial charge in [-0.3, -0.25) is 0 Å². The molecule has 8 nitrogen and oxygen atoms in total. The Morgan fingerprint density at radius 3 is 1.68 bits per heavy atom. The first-order chi connectivity index (χ1) is 16.5. The highest BCUT2D eigenvalue weighted by molar-refractivity contribution is 7.10. The summed E-state index contributed by atoms with van der Waals surface area (Å²) >= 11 is 3.43. The number of imidazole rings is 2. The molecule has 0 saturated heterocycles. The zero-order valence-electron chi connectivity index (χ0n) is 18.8. The van der Waals surface area contributed by atoms with E-state index in [0.717, 1.165) is 36.4 Å². The first kappa shape index (κ1) is 23.7. The van der Waals surface area contributed by atoms with Gasteiger partial charge in [0.1, 0.15) is 0 Å². The van der Waals surface area contributed by atoms with Crippen molar-refractivity contribution in [2.24, 2.45) is 0 Å². The van der Waals surface area contributed by atoms with Gasteiger partial charge in [0.05, 0.1) is 11.4 Å². The second-order valence-corrected chi connectivity index (χ2v) is 9.37. The average molecular weight is 497 g/mol. The van der Waals surface area contributed by atoms with Gasteiger partial charge in [0.25, 0.3) is 0 Å². The van der Waals surface area contributed by atoms with E-state index in [0.29, 0.717) is 12.8 Å². The molecule has 2 N–H and O–H groups in total. The van der Waals surface area contributed by atoms with Crippen LogP contribution in [0.2, 0.25) is 0 Å². The number of carbonyl (C=O) groups excluding carboxylic acids is 2. The minimum Gasteiger partial charge on any atom is -0.389 e. The van der Waals surface area contributed by atoms with Crippen LogP contribution in [0.4, 0.5) is 0 Å². The van der Waals surface area contributed by atoms with Gasteiger partial charge in [0.15, 0.2) is 0 Å². The molecule has 0 aromatic carbocycles. The Morgan fingerprint density at radius 1 is 0.824 bits per heavy atom. The fourth-order valence-electron chi connectivity index (χ4n) is 3.42. The fourth-order valence-corrected chi connectivity index (χ4v) is 5.13. The van der Waals surface area contributed by atoms with Gasteiger partial charge in [-0.25, -0.2) is 9.59 Å². The molecular weight excluding hydrogens is 472 g/mol. The number of hydrogen-bond donors (Lipinski definition) is 2. The number of aromatic nitrogens is 4. The molecule has 0 amide bonds. The Bertz CT molecular complexity index is 1200. The molecular formula is C24H24N4O4S2. The Balaban J connectivity index is 1.26. The molecule has 4 aromatic rings. The number of nitrogens with one attached hydrogen (secondary N) is 2. The number of thiophene rings is 2. The first-order valence-corrected chi connectivity index (χ1v) is 12.6. The molecule has 0 aliphatic rings. The first-order valence-electron chi connectivity index (χ1n) is 10.8. The molecule has 0 aliphatic carbocycles. The van der Waals surface area contributed by atoms with Crippen LogP contribution in [0.15, 0.2) is 47.4 Å². The van der Waals surface area contributed by atoms with E-state index in [9.17, 15) is 9.59 Å². The van der Waals surface area contributed by atoms with Crippen LogP contribution >= 0.6 is 22.7 Å². The second kappa shape index (κ2) is 11.1. The normalized spacial score (nSPS) is 11.2. The van der Waals surface area contributed by atoms with Crippen molar-refractivity contribution in [2.45, 2.75) is 39.5 Å². The van der Waals surface area contributed by atoms with Crippen molar-refractivity contribution in [1.29, 1.82) is 0 Å². The Kier molecular flexibility index (Phi) is 7.71. The highest BCUT2D eigenvalue weighted by Gasteiger charge is 2.12. The lowest BCUT2D eigenvalue weighted by Crippen LogP contribution is -2.09. The molecule has 0 unspecified atom stereocenters. The summed E-state index contributed by atoms with van der Waals surface area (Å²) in [6.07, 6.45) is 8.61. The van der Waals surface area contributed by atoms with Crippen LogP contribution in [-0.2, 0) is 35.3 Å². The lowest BCUT2D eigenvalue weighted by Gasteiger charge is -1.99. The predicted octanol–water partition coefficient (Wildman–Crippen LogP) is 4.63. The lowest BCUT2D eigenvalue weighted by molar-refractivity contribution is -0.132. The van der Waals surface area contributed by atoms with Crippen molar-refractivity contribution in [1.82, 2.24) is 19.9 Å². The largest absolute Gasteiger partial charge is 0.389 e. The third-order valence-corrected chi connectivity index (χ3v) is 7.24.